The van der Waals surface area contributed by atoms with E-state index in [4.69, 9.17) is 10.5 Å². The normalized spacial score (nSPS) is 10.7. The Balaban J connectivity index is 1.90. The first-order valence-electron chi connectivity index (χ1n) is 7.52. The summed E-state index contributed by atoms with van der Waals surface area (Å²) in [7, 11) is 0. The summed E-state index contributed by atoms with van der Waals surface area (Å²) < 4.78 is 5.67. The first-order valence-corrected chi connectivity index (χ1v) is 7.52. The van der Waals surface area contributed by atoms with Gasteiger partial charge in [-0.2, -0.15) is 0 Å². The number of benzene rings is 1. The lowest BCUT2D eigenvalue weighted by Crippen LogP contribution is -2.24. The van der Waals surface area contributed by atoms with Crippen molar-refractivity contribution in [2.45, 2.75) is 19.9 Å². The summed E-state index contributed by atoms with van der Waals surface area (Å²) in [6.45, 7) is 3.02. The molecule has 0 aliphatic carbocycles. The summed E-state index contributed by atoms with van der Waals surface area (Å²) in [5.41, 5.74) is 7.04. The molecule has 0 unspecified atom stereocenters. The van der Waals surface area contributed by atoms with Crippen molar-refractivity contribution in [3.8, 4) is 5.75 Å². The number of allylic oxidation sites excluding steroid dienone is 1. The highest BCUT2D eigenvalue weighted by Crippen LogP contribution is 2.14. The monoisotopic (exact) mass is 311 g/mol. The SMILES string of the molecule is CC=CCCOc1cccc(CNC(=O)c2cccnc2N)c1. The Bertz CT molecular complexity index is 683. The number of anilines is 1. The third-order valence-electron chi connectivity index (χ3n) is 3.22. The number of rotatable bonds is 7. The second-order valence-corrected chi connectivity index (χ2v) is 4.97. The summed E-state index contributed by atoms with van der Waals surface area (Å²) >= 11 is 0. The number of nitrogens with one attached hydrogen (secondary N) is 1. The van der Waals surface area contributed by atoms with E-state index in [2.05, 4.69) is 16.4 Å². The summed E-state index contributed by atoms with van der Waals surface area (Å²) in [5, 5.41) is 2.83. The quantitative estimate of drug-likeness (QED) is 0.609. The molecule has 2 rings (SSSR count). The summed E-state index contributed by atoms with van der Waals surface area (Å²) in [6, 6.07) is 11.0. The zero-order valence-electron chi connectivity index (χ0n) is 13.2. The lowest BCUT2D eigenvalue weighted by atomic mass is 10.2. The smallest absolute Gasteiger partial charge is 0.255 e. The minimum Gasteiger partial charge on any atom is -0.493 e. The molecule has 23 heavy (non-hydrogen) atoms. The van der Waals surface area contributed by atoms with Crippen LogP contribution in [0.5, 0.6) is 5.75 Å². The number of carbonyl (C=O) groups is 1. The molecule has 3 N–H and O–H groups in total. The van der Waals surface area contributed by atoms with Crippen LogP contribution < -0.4 is 15.8 Å². The van der Waals surface area contributed by atoms with E-state index in [1.165, 1.54) is 0 Å². The highest BCUT2D eigenvalue weighted by molar-refractivity contribution is 5.98. The van der Waals surface area contributed by atoms with Gasteiger partial charge in [0, 0.05) is 12.7 Å². The topological polar surface area (TPSA) is 77.2 Å². The fourth-order valence-electron chi connectivity index (χ4n) is 2.04. The number of carbonyl (C=O) groups excluding carboxylic acids is 1. The van der Waals surface area contributed by atoms with Crippen LogP contribution >= 0.6 is 0 Å². The predicted molar refractivity (Wildman–Crippen MR) is 91.2 cm³/mol. The predicted octanol–water partition coefficient (Wildman–Crippen LogP) is 2.94. The van der Waals surface area contributed by atoms with Crippen LogP contribution in [0.15, 0.2) is 54.7 Å². The molecule has 0 saturated heterocycles. The molecule has 1 amide bonds. The molecule has 0 atom stereocenters. The highest BCUT2D eigenvalue weighted by Gasteiger charge is 2.09. The maximum absolute atomic E-state index is 12.1. The van der Waals surface area contributed by atoms with Gasteiger partial charge in [0.2, 0.25) is 0 Å². The van der Waals surface area contributed by atoms with E-state index in [9.17, 15) is 4.79 Å². The van der Waals surface area contributed by atoms with E-state index in [1.54, 1.807) is 18.3 Å². The molecule has 1 aromatic heterocycles. The Morgan fingerprint density at radius 2 is 2.22 bits per heavy atom. The van der Waals surface area contributed by atoms with Crippen molar-refractivity contribution in [3.63, 3.8) is 0 Å². The van der Waals surface area contributed by atoms with Crippen LogP contribution in [-0.2, 0) is 6.54 Å². The minimum atomic E-state index is -0.241. The number of nitrogens with zero attached hydrogens (tertiary/aromatic N) is 1. The lowest BCUT2D eigenvalue weighted by molar-refractivity contribution is 0.0951. The van der Waals surface area contributed by atoms with Crippen molar-refractivity contribution in [2.75, 3.05) is 12.3 Å². The van der Waals surface area contributed by atoms with Crippen LogP contribution in [-0.4, -0.2) is 17.5 Å². The van der Waals surface area contributed by atoms with E-state index >= 15 is 0 Å². The Hall–Kier alpha value is -2.82. The van der Waals surface area contributed by atoms with Gasteiger partial charge in [0.05, 0.1) is 12.2 Å². The Labute approximate surface area is 136 Å². The average Bonchev–Trinajstić information content (AvgIpc) is 2.57. The van der Waals surface area contributed by atoms with Gasteiger partial charge in [-0.05, 0) is 43.2 Å². The first kappa shape index (κ1) is 16.5. The van der Waals surface area contributed by atoms with E-state index in [0.717, 1.165) is 17.7 Å². The van der Waals surface area contributed by atoms with Gasteiger partial charge in [0.25, 0.3) is 5.91 Å². The van der Waals surface area contributed by atoms with Crippen LogP contribution in [0.4, 0.5) is 5.82 Å². The molecular formula is C18H21N3O2. The third kappa shape index (κ3) is 5.14. The number of pyridine rings is 1. The molecule has 0 radical (unpaired) electrons. The van der Waals surface area contributed by atoms with Crippen LogP contribution in [0.1, 0.15) is 29.3 Å². The van der Waals surface area contributed by atoms with Crippen molar-refractivity contribution in [3.05, 3.63) is 65.9 Å². The molecule has 0 aliphatic rings. The summed E-state index contributed by atoms with van der Waals surface area (Å²) in [6.07, 6.45) is 6.49. The third-order valence-corrected chi connectivity index (χ3v) is 3.22. The average molecular weight is 311 g/mol. The molecule has 5 nitrogen and oxygen atoms in total. The van der Waals surface area contributed by atoms with Gasteiger partial charge >= 0.3 is 0 Å². The maximum atomic E-state index is 12.1. The van der Waals surface area contributed by atoms with Crippen LogP contribution in [0, 0.1) is 0 Å². The van der Waals surface area contributed by atoms with Gasteiger partial charge in [-0.25, -0.2) is 4.98 Å². The number of nitrogen functional groups attached to an aromatic ring is 1. The Kier molecular flexibility index (Phi) is 6.17. The number of nitrogens with two attached hydrogens (primary N) is 1. The van der Waals surface area contributed by atoms with Gasteiger partial charge < -0.3 is 15.8 Å². The second-order valence-electron chi connectivity index (χ2n) is 4.97. The Morgan fingerprint density at radius 1 is 1.35 bits per heavy atom. The van der Waals surface area contributed by atoms with E-state index in [-0.39, 0.29) is 11.7 Å². The van der Waals surface area contributed by atoms with Crippen LogP contribution in [0.25, 0.3) is 0 Å². The molecule has 0 fully saturated rings. The zero-order valence-corrected chi connectivity index (χ0v) is 13.2. The molecule has 2 aromatic rings. The van der Waals surface area contributed by atoms with Crippen molar-refractivity contribution >= 4 is 11.7 Å². The highest BCUT2D eigenvalue weighted by atomic mass is 16.5. The number of amides is 1. The van der Waals surface area contributed by atoms with Gasteiger partial charge in [-0.3, -0.25) is 4.79 Å². The molecule has 1 heterocycles. The number of aromatic nitrogens is 1. The molecular weight excluding hydrogens is 290 g/mol. The van der Waals surface area contributed by atoms with Gasteiger partial charge in [-0.15, -0.1) is 0 Å². The second kappa shape index (κ2) is 8.58. The molecule has 0 bridgehead atoms. The van der Waals surface area contributed by atoms with Gasteiger partial charge in [0.1, 0.15) is 11.6 Å². The van der Waals surface area contributed by atoms with Gasteiger partial charge in [-0.1, -0.05) is 24.3 Å². The molecule has 0 saturated carbocycles. The number of ether oxygens (including phenoxy) is 1. The van der Waals surface area contributed by atoms with Crippen molar-refractivity contribution in [1.29, 1.82) is 0 Å². The molecule has 120 valence electrons. The van der Waals surface area contributed by atoms with E-state index in [1.807, 2.05) is 37.3 Å². The molecule has 0 aliphatic heterocycles. The van der Waals surface area contributed by atoms with Crippen molar-refractivity contribution in [1.82, 2.24) is 10.3 Å². The van der Waals surface area contributed by atoms with E-state index < -0.39 is 0 Å². The number of hydrogen-bond donors (Lipinski definition) is 2. The molecule has 1 aromatic carbocycles. The number of hydrogen-bond acceptors (Lipinski definition) is 4. The summed E-state index contributed by atoms with van der Waals surface area (Å²) in [5.74, 6) is 0.781. The minimum absolute atomic E-state index is 0.228. The van der Waals surface area contributed by atoms with E-state index in [0.29, 0.717) is 18.7 Å². The van der Waals surface area contributed by atoms with Crippen LogP contribution in [0.3, 0.4) is 0 Å². The maximum Gasteiger partial charge on any atom is 0.255 e. The Morgan fingerprint density at radius 3 is 3.00 bits per heavy atom. The molecule has 5 heteroatoms. The first-order chi connectivity index (χ1) is 11.2. The van der Waals surface area contributed by atoms with Crippen molar-refractivity contribution < 1.29 is 9.53 Å². The largest absolute Gasteiger partial charge is 0.493 e. The fraction of sp³-hybridized carbons (Fsp3) is 0.222. The summed E-state index contributed by atoms with van der Waals surface area (Å²) in [4.78, 5) is 16.0. The van der Waals surface area contributed by atoms with Crippen LogP contribution in [0.2, 0.25) is 0 Å². The lowest BCUT2D eigenvalue weighted by Gasteiger charge is -2.09. The molecule has 0 spiro atoms. The fourth-order valence-corrected chi connectivity index (χ4v) is 2.04. The standard InChI is InChI=1S/C18H21N3O2/c1-2-3-4-11-23-15-8-5-7-14(12-15)13-21-18(22)16-9-6-10-20-17(16)19/h2-3,5-10,12H,4,11,13H2,1H3,(H2,19,20)(H,21,22). The zero-order chi connectivity index (χ0) is 16.5. The van der Waals surface area contributed by atoms with Gasteiger partial charge in [0.15, 0.2) is 0 Å². The van der Waals surface area contributed by atoms with Crippen molar-refractivity contribution in [2.24, 2.45) is 0 Å².